The molecule has 0 fully saturated rings. The highest BCUT2D eigenvalue weighted by Crippen LogP contribution is 2.29. The van der Waals surface area contributed by atoms with Gasteiger partial charge in [-0.1, -0.05) is 26.8 Å². The summed E-state index contributed by atoms with van der Waals surface area (Å²) in [6.07, 6.45) is 0.527. The van der Waals surface area contributed by atoms with E-state index in [0.717, 1.165) is 0 Å². The van der Waals surface area contributed by atoms with Crippen LogP contribution in [0.25, 0.3) is 0 Å². The fourth-order valence-corrected chi connectivity index (χ4v) is 3.05. The molecule has 0 bridgehead atoms. The summed E-state index contributed by atoms with van der Waals surface area (Å²) in [5.41, 5.74) is 0.364. The Kier molecular flexibility index (Phi) is 5.01. The normalized spacial score (nSPS) is 11.8. The molecule has 20 heavy (non-hydrogen) atoms. The first-order valence-corrected chi connectivity index (χ1v) is 7.91. The third kappa shape index (κ3) is 4.74. The van der Waals surface area contributed by atoms with E-state index in [0.29, 0.717) is 12.2 Å². The molecular formula is C14H20N2O3S. The van der Waals surface area contributed by atoms with Crippen LogP contribution in [-0.2, 0) is 10.0 Å². The summed E-state index contributed by atoms with van der Waals surface area (Å²) >= 11 is 0. The van der Waals surface area contributed by atoms with Crippen molar-refractivity contribution in [1.29, 1.82) is 5.26 Å². The summed E-state index contributed by atoms with van der Waals surface area (Å²) in [6.45, 7) is 5.94. The minimum absolute atomic E-state index is 0.000578. The Morgan fingerprint density at radius 2 is 2.00 bits per heavy atom. The van der Waals surface area contributed by atoms with Gasteiger partial charge in [0.1, 0.15) is 17.5 Å². The Bertz CT molecular complexity index is 610. The van der Waals surface area contributed by atoms with Crippen molar-refractivity contribution >= 4 is 15.7 Å². The van der Waals surface area contributed by atoms with Crippen LogP contribution in [0.4, 0.5) is 5.69 Å². The fraction of sp³-hybridized carbons (Fsp3) is 0.500. The molecule has 0 unspecified atom stereocenters. The van der Waals surface area contributed by atoms with E-state index in [1.807, 2.05) is 26.8 Å². The highest BCUT2D eigenvalue weighted by atomic mass is 32.2. The summed E-state index contributed by atoms with van der Waals surface area (Å²) < 4.78 is 31.8. The van der Waals surface area contributed by atoms with E-state index in [2.05, 4.69) is 4.72 Å². The topological polar surface area (TPSA) is 79.2 Å². The summed E-state index contributed by atoms with van der Waals surface area (Å²) in [5, 5.41) is 9.05. The molecule has 6 heteroatoms. The highest BCUT2D eigenvalue weighted by Gasteiger charge is 2.20. The minimum atomic E-state index is -3.51. The van der Waals surface area contributed by atoms with Gasteiger partial charge in [-0.3, -0.25) is 4.72 Å². The second-order valence-electron chi connectivity index (χ2n) is 5.73. The van der Waals surface area contributed by atoms with Crippen molar-refractivity contribution in [3.63, 3.8) is 0 Å². The van der Waals surface area contributed by atoms with Crippen LogP contribution >= 0.6 is 0 Å². The van der Waals surface area contributed by atoms with Crippen molar-refractivity contribution in [3.8, 4) is 11.8 Å². The third-order valence-electron chi connectivity index (χ3n) is 2.74. The van der Waals surface area contributed by atoms with Gasteiger partial charge in [-0.2, -0.15) is 5.26 Å². The number of hydrogen-bond acceptors (Lipinski definition) is 4. The molecule has 5 nitrogen and oxygen atoms in total. The number of nitrogens with zero attached hydrogens (tertiary/aromatic N) is 1. The SMILES string of the molecule is COc1cccc(C#N)c1NS(=O)(=O)CCC(C)(C)C. The summed E-state index contributed by atoms with van der Waals surface area (Å²) in [6, 6.07) is 6.76. The molecule has 0 radical (unpaired) electrons. The predicted octanol–water partition coefficient (Wildman–Crippen LogP) is 2.74. The Labute approximate surface area is 120 Å². The number of hydrogen-bond donors (Lipinski definition) is 1. The number of methoxy groups -OCH3 is 1. The van der Waals surface area contributed by atoms with Gasteiger partial charge in [0, 0.05) is 0 Å². The standard InChI is InChI=1S/C14H20N2O3S/c1-14(2,3)8-9-20(17,18)16-13-11(10-15)6-5-7-12(13)19-4/h5-7,16H,8-9H2,1-4H3. The Hall–Kier alpha value is -1.74. The van der Waals surface area contributed by atoms with E-state index in [4.69, 9.17) is 10.00 Å². The van der Waals surface area contributed by atoms with E-state index in [1.165, 1.54) is 7.11 Å². The number of anilines is 1. The molecule has 1 N–H and O–H groups in total. The third-order valence-corrected chi connectivity index (χ3v) is 4.00. The number of rotatable bonds is 5. The van der Waals surface area contributed by atoms with Gasteiger partial charge in [-0.15, -0.1) is 0 Å². The van der Waals surface area contributed by atoms with Crippen LogP contribution in [0.5, 0.6) is 5.75 Å². The number of nitriles is 1. The van der Waals surface area contributed by atoms with Gasteiger partial charge in [0.15, 0.2) is 0 Å². The average molecular weight is 296 g/mol. The van der Waals surface area contributed by atoms with Gasteiger partial charge in [0.05, 0.1) is 18.4 Å². The molecule has 0 aliphatic rings. The molecule has 0 aliphatic heterocycles. The van der Waals surface area contributed by atoms with Gasteiger partial charge in [-0.05, 0) is 24.0 Å². The second kappa shape index (κ2) is 6.14. The van der Waals surface area contributed by atoms with E-state index < -0.39 is 10.0 Å². The lowest BCUT2D eigenvalue weighted by molar-refractivity contribution is 0.397. The van der Waals surface area contributed by atoms with Crippen LogP contribution in [0.1, 0.15) is 32.8 Å². The molecule has 0 spiro atoms. The maximum atomic E-state index is 12.1. The molecule has 1 aromatic rings. The molecule has 0 aromatic heterocycles. The first-order valence-electron chi connectivity index (χ1n) is 6.26. The highest BCUT2D eigenvalue weighted by molar-refractivity contribution is 7.92. The van der Waals surface area contributed by atoms with E-state index in [1.54, 1.807) is 18.2 Å². The monoisotopic (exact) mass is 296 g/mol. The maximum absolute atomic E-state index is 12.1. The van der Waals surface area contributed by atoms with Crippen molar-refractivity contribution in [1.82, 2.24) is 0 Å². The number of benzene rings is 1. The zero-order valence-electron chi connectivity index (χ0n) is 12.2. The van der Waals surface area contributed by atoms with Gasteiger partial charge >= 0.3 is 0 Å². The van der Waals surface area contributed by atoms with Crippen molar-refractivity contribution in [2.24, 2.45) is 5.41 Å². The second-order valence-corrected chi connectivity index (χ2v) is 7.57. The number of nitrogens with one attached hydrogen (secondary N) is 1. The molecule has 0 saturated carbocycles. The smallest absolute Gasteiger partial charge is 0.232 e. The summed E-state index contributed by atoms with van der Waals surface area (Å²) in [5.74, 6) is 0.336. The number of ether oxygens (including phenoxy) is 1. The first-order chi connectivity index (χ1) is 9.18. The molecule has 110 valence electrons. The van der Waals surface area contributed by atoms with E-state index in [-0.39, 0.29) is 22.4 Å². The summed E-state index contributed by atoms with van der Waals surface area (Å²) in [7, 11) is -2.08. The van der Waals surface area contributed by atoms with Crippen LogP contribution in [0.3, 0.4) is 0 Å². The minimum Gasteiger partial charge on any atom is -0.495 e. The van der Waals surface area contributed by atoms with Crippen molar-refractivity contribution in [2.45, 2.75) is 27.2 Å². The predicted molar refractivity (Wildman–Crippen MR) is 79.2 cm³/mol. The van der Waals surface area contributed by atoms with Crippen LogP contribution in [0.15, 0.2) is 18.2 Å². The van der Waals surface area contributed by atoms with Crippen LogP contribution in [0.2, 0.25) is 0 Å². The van der Waals surface area contributed by atoms with Gasteiger partial charge in [-0.25, -0.2) is 8.42 Å². The molecule has 0 atom stereocenters. The van der Waals surface area contributed by atoms with Crippen molar-refractivity contribution < 1.29 is 13.2 Å². The number of sulfonamides is 1. The molecule has 1 aromatic carbocycles. The Balaban J connectivity index is 3.01. The lowest BCUT2D eigenvalue weighted by atomic mass is 9.94. The molecule has 0 amide bonds. The zero-order chi connectivity index (χ0) is 15.4. The Morgan fingerprint density at radius 3 is 2.50 bits per heavy atom. The zero-order valence-corrected chi connectivity index (χ0v) is 13.0. The molecule has 0 saturated heterocycles. The maximum Gasteiger partial charge on any atom is 0.232 e. The summed E-state index contributed by atoms with van der Waals surface area (Å²) in [4.78, 5) is 0. The first kappa shape index (κ1) is 16.3. The largest absolute Gasteiger partial charge is 0.495 e. The van der Waals surface area contributed by atoms with Crippen LogP contribution in [0, 0.1) is 16.7 Å². The molecule has 1 rings (SSSR count). The molecule has 0 aliphatic carbocycles. The van der Waals surface area contributed by atoms with Crippen molar-refractivity contribution in [3.05, 3.63) is 23.8 Å². The lowest BCUT2D eigenvalue weighted by Crippen LogP contribution is -2.21. The average Bonchev–Trinajstić information content (AvgIpc) is 2.36. The molecule has 0 heterocycles. The van der Waals surface area contributed by atoms with Gasteiger partial charge < -0.3 is 4.74 Å². The fourth-order valence-electron chi connectivity index (χ4n) is 1.55. The number of para-hydroxylation sites is 1. The Morgan fingerprint density at radius 1 is 1.35 bits per heavy atom. The quantitative estimate of drug-likeness (QED) is 0.906. The van der Waals surface area contributed by atoms with Crippen molar-refractivity contribution in [2.75, 3.05) is 17.6 Å². The van der Waals surface area contributed by atoms with E-state index in [9.17, 15) is 8.42 Å². The van der Waals surface area contributed by atoms with Crippen LogP contribution in [-0.4, -0.2) is 21.3 Å². The van der Waals surface area contributed by atoms with Gasteiger partial charge in [0.2, 0.25) is 10.0 Å². The van der Waals surface area contributed by atoms with E-state index >= 15 is 0 Å². The van der Waals surface area contributed by atoms with Gasteiger partial charge in [0.25, 0.3) is 0 Å². The van der Waals surface area contributed by atoms with Crippen LogP contribution < -0.4 is 9.46 Å². The molecular weight excluding hydrogens is 276 g/mol. The lowest BCUT2D eigenvalue weighted by Gasteiger charge is -2.19.